The molecule has 0 bridgehead atoms. The summed E-state index contributed by atoms with van der Waals surface area (Å²) in [6.45, 7) is 1.69. The van der Waals surface area contributed by atoms with E-state index in [4.69, 9.17) is 13.9 Å². The average molecular weight is 433 g/mol. The van der Waals surface area contributed by atoms with Crippen LogP contribution in [0.3, 0.4) is 0 Å². The number of rotatable bonds is 8. The summed E-state index contributed by atoms with van der Waals surface area (Å²) < 4.78 is 15.8. The van der Waals surface area contributed by atoms with Crippen molar-refractivity contribution in [3.05, 3.63) is 89.5 Å². The van der Waals surface area contributed by atoms with Gasteiger partial charge in [0.25, 0.3) is 11.8 Å². The van der Waals surface area contributed by atoms with Crippen LogP contribution in [0, 0.1) is 0 Å². The molecule has 3 rings (SSSR count). The van der Waals surface area contributed by atoms with Gasteiger partial charge in [0.2, 0.25) is 0 Å². The number of hydrogen-bond donors (Lipinski definition) is 2. The van der Waals surface area contributed by atoms with Crippen LogP contribution >= 0.6 is 0 Å². The molecule has 2 aromatic carbocycles. The van der Waals surface area contributed by atoms with Crippen LogP contribution in [-0.2, 0) is 4.79 Å². The number of nitrogens with one attached hydrogen (secondary N) is 2. The summed E-state index contributed by atoms with van der Waals surface area (Å²) in [6.07, 6.45) is 3.04. The van der Waals surface area contributed by atoms with E-state index in [1.807, 2.05) is 0 Å². The lowest BCUT2D eigenvalue weighted by molar-refractivity contribution is -0.117. The van der Waals surface area contributed by atoms with Gasteiger partial charge in [-0.2, -0.15) is 5.10 Å². The van der Waals surface area contributed by atoms with E-state index in [0.29, 0.717) is 34.1 Å². The molecule has 0 radical (unpaired) electrons. The molecular formula is C24H23N3O5. The largest absolute Gasteiger partial charge is 0.493 e. The molecule has 1 heterocycles. The summed E-state index contributed by atoms with van der Waals surface area (Å²) >= 11 is 0. The fourth-order valence-electron chi connectivity index (χ4n) is 2.79. The molecule has 8 heteroatoms. The number of methoxy groups -OCH3 is 2. The first-order valence-electron chi connectivity index (χ1n) is 9.70. The van der Waals surface area contributed by atoms with E-state index in [1.54, 1.807) is 67.6 Å². The zero-order valence-corrected chi connectivity index (χ0v) is 17.9. The van der Waals surface area contributed by atoms with E-state index < -0.39 is 11.8 Å². The maximum Gasteiger partial charge on any atom is 0.287 e. The highest BCUT2D eigenvalue weighted by atomic mass is 16.5. The highest BCUT2D eigenvalue weighted by Crippen LogP contribution is 2.28. The number of carbonyl (C=O) groups is 2. The molecule has 2 amide bonds. The highest BCUT2D eigenvalue weighted by molar-refractivity contribution is 6.06. The molecule has 1 aromatic heterocycles. The van der Waals surface area contributed by atoms with Gasteiger partial charge in [-0.05, 0) is 55.0 Å². The molecule has 8 nitrogen and oxygen atoms in total. The molecule has 0 fully saturated rings. The minimum atomic E-state index is -0.602. The number of furan rings is 1. The van der Waals surface area contributed by atoms with Crippen LogP contribution in [0.4, 0.5) is 0 Å². The first-order valence-corrected chi connectivity index (χ1v) is 9.70. The lowest BCUT2D eigenvalue weighted by Crippen LogP contribution is -2.33. The number of benzene rings is 2. The predicted octanol–water partition coefficient (Wildman–Crippen LogP) is 3.61. The Balaban J connectivity index is 1.90. The Hall–Kier alpha value is -4.33. The second kappa shape index (κ2) is 10.6. The molecule has 0 spiro atoms. The first kappa shape index (κ1) is 22.4. The van der Waals surface area contributed by atoms with Crippen LogP contribution in [0.25, 0.3) is 6.08 Å². The van der Waals surface area contributed by atoms with Crippen molar-refractivity contribution in [2.24, 2.45) is 5.10 Å². The molecular weight excluding hydrogens is 410 g/mol. The van der Waals surface area contributed by atoms with Gasteiger partial charge in [-0.25, -0.2) is 5.43 Å². The van der Waals surface area contributed by atoms with Gasteiger partial charge in [0.15, 0.2) is 11.5 Å². The van der Waals surface area contributed by atoms with Gasteiger partial charge in [0, 0.05) is 5.56 Å². The molecule has 0 aliphatic heterocycles. The van der Waals surface area contributed by atoms with Crippen LogP contribution in [0.2, 0.25) is 0 Å². The van der Waals surface area contributed by atoms with Gasteiger partial charge in [0.1, 0.15) is 17.2 Å². The van der Waals surface area contributed by atoms with Crippen LogP contribution in [0.1, 0.15) is 28.6 Å². The van der Waals surface area contributed by atoms with Crippen LogP contribution < -0.4 is 20.2 Å². The standard InChI is InChI=1S/C24H23N3O5/c1-16(20-10-7-13-32-20)26-27-24(29)19(25-23(28)18-8-5-4-6-9-18)14-17-11-12-21(30-2)22(15-17)31-3/h4-15H,1-3H3,(H,25,28)(H,27,29). The van der Waals surface area contributed by atoms with Gasteiger partial charge >= 0.3 is 0 Å². The second-order valence-electron chi connectivity index (χ2n) is 6.61. The zero-order chi connectivity index (χ0) is 22.9. The summed E-state index contributed by atoms with van der Waals surface area (Å²) in [5.41, 5.74) is 3.96. The fourth-order valence-corrected chi connectivity index (χ4v) is 2.79. The SMILES string of the molecule is COc1ccc(C=C(NC(=O)c2ccccc2)C(=O)NN=C(C)c2ccco2)cc1OC. The van der Waals surface area contributed by atoms with Crippen LogP contribution in [0.5, 0.6) is 11.5 Å². The fraction of sp³-hybridized carbons (Fsp3) is 0.125. The molecule has 32 heavy (non-hydrogen) atoms. The predicted molar refractivity (Wildman–Crippen MR) is 120 cm³/mol. The van der Waals surface area contributed by atoms with Crippen molar-refractivity contribution in [3.8, 4) is 11.5 Å². The van der Waals surface area contributed by atoms with Crippen molar-refractivity contribution in [1.82, 2.24) is 10.7 Å². The van der Waals surface area contributed by atoms with Crippen LogP contribution in [-0.4, -0.2) is 31.7 Å². The first-order chi connectivity index (χ1) is 15.5. The van der Waals surface area contributed by atoms with E-state index in [9.17, 15) is 9.59 Å². The smallest absolute Gasteiger partial charge is 0.287 e. The number of hydrazone groups is 1. The third kappa shape index (κ3) is 5.63. The molecule has 0 aliphatic carbocycles. The minimum absolute atomic E-state index is 0.00191. The number of ether oxygens (including phenoxy) is 2. The topological polar surface area (TPSA) is 102 Å². The summed E-state index contributed by atoms with van der Waals surface area (Å²) in [5.74, 6) is 0.517. The summed E-state index contributed by atoms with van der Waals surface area (Å²) in [5, 5.41) is 6.71. The van der Waals surface area contributed by atoms with E-state index in [0.717, 1.165) is 0 Å². The van der Waals surface area contributed by atoms with Gasteiger partial charge in [0.05, 0.1) is 20.5 Å². The minimum Gasteiger partial charge on any atom is -0.493 e. The summed E-state index contributed by atoms with van der Waals surface area (Å²) in [7, 11) is 3.05. The monoisotopic (exact) mass is 433 g/mol. The Morgan fingerprint density at radius 3 is 2.38 bits per heavy atom. The van der Waals surface area contributed by atoms with Crippen molar-refractivity contribution in [2.75, 3.05) is 14.2 Å². The van der Waals surface area contributed by atoms with E-state index >= 15 is 0 Å². The van der Waals surface area contributed by atoms with Crippen molar-refractivity contribution in [3.63, 3.8) is 0 Å². The highest BCUT2D eigenvalue weighted by Gasteiger charge is 2.15. The number of amides is 2. The van der Waals surface area contributed by atoms with Crippen molar-refractivity contribution >= 4 is 23.6 Å². The summed E-state index contributed by atoms with van der Waals surface area (Å²) in [6, 6.07) is 17.2. The molecule has 3 aromatic rings. The number of carbonyl (C=O) groups excluding carboxylic acids is 2. The molecule has 2 N–H and O–H groups in total. The Bertz CT molecular complexity index is 1140. The number of nitrogens with zero attached hydrogens (tertiary/aromatic N) is 1. The lowest BCUT2D eigenvalue weighted by atomic mass is 10.1. The zero-order valence-electron chi connectivity index (χ0n) is 17.9. The average Bonchev–Trinajstić information content (AvgIpc) is 3.37. The molecule has 0 saturated carbocycles. The molecule has 0 unspecified atom stereocenters. The summed E-state index contributed by atoms with van der Waals surface area (Å²) in [4.78, 5) is 25.5. The number of hydrogen-bond acceptors (Lipinski definition) is 6. The van der Waals surface area contributed by atoms with Crippen LogP contribution in [0.15, 0.2) is 82.1 Å². The van der Waals surface area contributed by atoms with Gasteiger partial charge in [-0.15, -0.1) is 0 Å². The van der Waals surface area contributed by atoms with Crippen molar-refractivity contribution < 1.29 is 23.5 Å². The molecule has 0 saturated heterocycles. The third-order valence-corrected chi connectivity index (χ3v) is 4.45. The molecule has 0 atom stereocenters. The Kier molecular flexibility index (Phi) is 7.42. The van der Waals surface area contributed by atoms with Crippen molar-refractivity contribution in [2.45, 2.75) is 6.92 Å². The molecule has 164 valence electrons. The quantitative estimate of drug-likeness (QED) is 0.321. The third-order valence-electron chi connectivity index (χ3n) is 4.45. The van der Waals surface area contributed by atoms with E-state index in [-0.39, 0.29) is 5.70 Å². The maximum atomic E-state index is 12.9. The van der Waals surface area contributed by atoms with Gasteiger partial charge < -0.3 is 19.2 Å². The van der Waals surface area contributed by atoms with Gasteiger partial charge in [-0.1, -0.05) is 24.3 Å². The van der Waals surface area contributed by atoms with Gasteiger partial charge in [-0.3, -0.25) is 9.59 Å². The van der Waals surface area contributed by atoms with E-state index in [2.05, 4.69) is 15.8 Å². The van der Waals surface area contributed by atoms with E-state index in [1.165, 1.54) is 26.6 Å². The Morgan fingerprint density at radius 1 is 0.969 bits per heavy atom. The molecule has 0 aliphatic rings. The lowest BCUT2D eigenvalue weighted by Gasteiger charge is -2.11. The Morgan fingerprint density at radius 2 is 1.72 bits per heavy atom. The Labute approximate surface area is 185 Å². The second-order valence-corrected chi connectivity index (χ2v) is 6.61. The normalized spacial score (nSPS) is 11.6. The maximum absolute atomic E-state index is 12.9. The van der Waals surface area contributed by atoms with Crippen molar-refractivity contribution in [1.29, 1.82) is 0 Å².